The highest BCUT2D eigenvalue weighted by Crippen LogP contribution is 2.33. The molecule has 4 heterocycles. The van der Waals surface area contributed by atoms with Gasteiger partial charge in [-0.15, -0.1) is 0 Å². The summed E-state index contributed by atoms with van der Waals surface area (Å²) in [5, 5.41) is 15.9. The molecule has 0 radical (unpaired) electrons. The first-order valence-corrected chi connectivity index (χ1v) is 12.4. The number of ether oxygens (including phenoxy) is 1. The SMILES string of the molecule is COc1cc2c(cc1Nc1ncc3cnn(C[C@H]4CCCN4C(C)=O)c3n1)CN(C)CC2.O=C(O)C(F)(F)F. The van der Waals surface area contributed by atoms with Gasteiger partial charge in [-0.3, -0.25) is 4.79 Å². The largest absolute Gasteiger partial charge is 0.495 e. The average molecular weight is 550 g/mol. The van der Waals surface area contributed by atoms with E-state index in [4.69, 9.17) is 19.6 Å². The molecule has 2 N–H and O–H groups in total. The second-order valence-electron chi connectivity index (χ2n) is 9.54. The van der Waals surface area contributed by atoms with E-state index in [1.807, 2.05) is 9.58 Å². The molecule has 1 saturated heterocycles. The van der Waals surface area contributed by atoms with Gasteiger partial charge in [0.1, 0.15) is 5.75 Å². The number of aliphatic carboxylic acids is 1. The van der Waals surface area contributed by atoms with Gasteiger partial charge < -0.3 is 25.0 Å². The molecule has 1 amide bonds. The molecule has 1 aromatic carbocycles. The van der Waals surface area contributed by atoms with Crippen molar-refractivity contribution in [3.8, 4) is 5.75 Å². The maximum atomic E-state index is 11.9. The number of fused-ring (bicyclic) bond motifs is 2. The molecule has 0 unspecified atom stereocenters. The van der Waals surface area contributed by atoms with E-state index in [0.717, 1.165) is 61.4 Å². The predicted molar refractivity (Wildman–Crippen MR) is 136 cm³/mol. The van der Waals surface area contributed by atoms with Gasteiger partial charge in [-0.05, 0) is 49.6 Å². The number of likely N-dealkylation sites (tertiary alicyclic amines) is 1. The third-order valence-electron chi connectivity index (χ3n) is 6.76. The summed E-state index contributed by atoms with van der Waals surface area (Å²) in [5.74, 6) is -1.36. The first-order valence-electron chi connectivity index (χ1n) is 12.4. The number of anilines is 2. The first kappa shape index (κ1) is 28.1. The number of alkyl halides is 3. The van der Waals surface area contributed by atoms with E-state index in [1.165, 1.54) is 11.1 Å². The minimum absolute atomic E-state index is 0.117. The highest BCUT2D eigenvalue weighted by molar-refractivity contribution is 5.76. The zero-order valence-electron chi connectivity index (χ0n) is 21.8. The summed E-state index contributed by atoms with van der Waals surface area (Å²) < 4.78 is 39.3. The third-order valence-corrected chi connectivity index (χ3v) is 6.76. The van der Waals surface area contributed by atoms with Gasteiger partial charge in [0.15, 0.2) is 5.65 Å². The molecular formula is C25H30F3N7O4. The van der Waals surface area contributed by atoms with Crippen molar-refractivity contribution in [2.45, 2.75) is 51.5 Å². The molecule has 2 aliphatic heterocycles. The van der Waals surface area contributed by atoms with Crippen LogP contribution in [-0.4, -0.2) is 86.0 Å². The summed E-state index contributed by atoms with van der Waals surface area (Å²) in [4.78, 5) is 34.3. The van der Waals surface area contributed by atoms with Crippen molar-refractivity contribution >= 4 is 34.5 Å². The van der Waals surface area contributed by atoms with Crippen LogP contribution in [0.5, 0.6) is 5.75 Å². The molecule has 39 heavy (non-hydrogen) atoms. The van der Waals surface area contributed by atoms with E-state index in [-0.39, 0.29) is 11.9 Å². The molecule has 1 fully saturated rings. The van der Waals surface area contributed by atoms with Gasteiger partial charge in [0.2, 0.25) is 11.9 Å². The smallest absolute Gasteiger partial charge is 0.490 e. The predicted octanol–water partition coefficient (Wildman–Crippen LogP) is 3.21. The van der Waals surface area contributed by atoms with Gasteiger partial charge in [0.05, 0.1) is 37.0 Å². The minimum atomic E-state index is -5.08. The van der Waals surface area contributed by atoms with Gasteiger partial charge >= 0.3 is 12.1 Å². The number of methoxy groups -OCH3 is 1. The summed E-state index contributed by atoms with van der Waals surface area (Å²) in [7, 11) is 3.82. The van der Waals surface area contributed by atoms with E-state index < -0.39 is 12.1 Å². The number of likely N-dealkylation sites (N-methyl/N-ethyl adjacent to an activating group) is 1. The molecule has 11 nitrogen and oxygen atoms in total. The number of rotatable bonds is 5. The van der Waals surface area contributed by atoms with Crippen molar-refractivity contribution < 1.29 is 32.6 Å². The van der Waals surface area contributed by atoms with Crippen LogP contribution in [0.15, 0.2) is 24.5 Å². The van der Waals surface area contributed by atoms with Crippen LogP contribution in [0.25, 0.3) is 11.0 Å². The summed E-state index contributed by atoms with van der Waals surface area (Å²) in [6.07, 6.45) is 1.50. The number of nitrogens with zero attached hydrogens (tertiary/aromatic N) is 6. The van der Waals surface area contributed by atoms with Gasteiger partial charge in [-0.1, -0.05) is 0 Å². The third kappa shape index (κ3) is 6.56. The maximum Gasteiger partial charge on any atom is 0.490 e. The van der Waals surface area contributed by atoms with Crippen molar-refractivity contribution in [1.29, 1.82) is 0 Å². The van der Waals surface area contributed by atoms with Crippen molar-refractivity contribution in [3.63, 3.8) is 0 Å². The Morgan fingerprint density at radius 3 is 2.62 bits per heavy atom. The zero-order valence-corrected chi connectivity index (χ0v) is 21.8. The number of nitrogens with one attached hydrogen (secondary N) is 1. The molecule has 0 bridgehead atoms. The molecule has 5 rings (SSSR count). The number of benzene rings is 1. The van der Waals surface area contributed by atoms with E-state index in [9.17, 15) is 18.0 Å². The van der Waals surface area contributed by atoms with Crippen LogP contribution in [-0.2, 0) is 29.1 Å². The van der Waals surface area contributed by atoms with E-state index >= 15 is 0 Å². The molecule has 210 valence electrons. The Kier molecular flexibility index (Phi) is 8.23. The molecule has 2 aliphatic rings. The lowest BCUT2D eigenvalue weighted by atomic mass is 9.99. The lowest BCUT2D eigenvalue weighted by Gasteiger charge is -2.26. The quantitative estimate of drug-likeness (QED) is 0.493. The van der Waals surface area contributed by atoms with Gasteiger partial charge in [-0.25, -0.2) is 14.5 Å². The Balaban J connectivity index is 0.000000448. The van der Waals surface area contributed by atoms with Gasteiger partial charge in [-0.2, -0.15) is 23.3 Å². The Labute approximate surface area is 222 Å². The number of carboxylic acid groups (broad SMARTS) is 1. The molecule has 0 spiro atoms. The Morgan fingerprint density at radius 1 is 1.21 bits per heavy atom. The molecule has 0 aliphatic carbocycles. The molecule has 2 aromatic heterocycles. The second-order valence-corrected chi connectivity index (χ2v) is 9.54. The van der Waals surface area contributed by atoms with E-state index in [1.54, 1.807) is 26.4 Å². The summed E-state index contributed by atoms with van der Waals surface area (Å²) in [6.45, 7) is 5.04. The van der Waals surface area contributed by atoms with Crippen LogP contribution in [0, 0.1) is 0 Å². The highest BCUT2D eigenvalue weighted by atomic mass is 19.4. The first-order chi connectivity index (χ1) is 18.5. The van der Waals surface area contributed by atoms with Gasteiger partial charge in [0, 0.05) is 32.8 Å². The number of carbonyl (C=O) groups is 2. The molecule has 14 heteroatoms. The van der Waals surface area contributed by atoms with Crippen LogP contribution in [0.3, 0.4) is 0 Å². The van der Waals surface area contributed by atoms with Crippen molar-refractivity contribution in [2.24, 2.45) is 0 Å². The number of hydrogen-bond donors (Lipinski definition) is 2. The number of halogens is 3. The molecule has 0 saturated carbocycles. The van der Waals surface area contributed by atoms with Crippen LogP contribution in [0.4, 0.5) is 24.8 Å². The minimum Gasteiger partial charge on any atom is -0.495 e. The zero-order chi connectivity index (χ0) is 28.3. The average Bonchev–Trinajstić information content (AvgIpc) is 3.51. The van der Waals surface area contributed by atoms with Crippen molar-refractivity contribution in [3.05, 3.63) is 35.7 Å². The normalized spacial score (nSPS) is 17.4. The second kappa shape index (κ2) is 11.4. The number of hydrogen-bond acceptors (Lipinski definition) is 8. The van der Waals surface area contributed by atoms with Crippen LogP contribution >= 0.6 is 0 Å². The molecule has 3 aromatic rings. The Hall–Kier alpha value is -3.94. The summed E-state index contributed by atoms with van der Waals surface area (Å²) in [5.41, 5.74) is 4.23. The fourth-order valence-electron chi connectivity index (χ4n) is 4.81. The highest BCUT2D eigenvalue weighted by Gasteiger charge is 2.38. The standard InChI is InChI=1S/C23H29N7O2.C2HF3O2/c1-15(31)29-7-4-5-19(29)14-30-22-18(12-25-30)11-24-23(27-22)26-20-9-17-13-28(2)8-6-16(17)10-21(20)32-3;3-2(4,5)1(6)7/h9-12,19H,4-8,13-14H2,1-3H3,(H,24,26,27);(H,6,7)/t19-;/m1./s1. The number of carbonyl (C=O) groups excluding carboxylic acids is 1. The topological polar surface area (TPSA) is 126 Å². The number of amides is 1. The lowest BCUT2D eigenvalue weighted by Crippen LogP contribution is -2.36. The maximum absolute atomic E-state index is 11.9. The van der Waals surface area contributed by atoms with Crippen LogP contribution in [0.2, 0.25) is 0 Å². The fourth-order valence-corrected chi connectivity index (χ4v) is 4.81. The lowest BCUT2D eigenvalue weighted by molar-refractivity contribution is -0.192. The summed E-state index contributed by atoms with van der Waals surface area (Å²) in [6, 6.07) is 4.40. The molecule has 1 atom stereocenters. The fraction of sp³-hybridized carbons (Fsp3) is 0.480. The van der Waals surface area contributed by atoms with Crippen molar-refractivity contribution in [1.82, 2.24) is 29.5 Å². The van der Waals surface area contributed by atoms with Crippen LogP contribution < -0.4 is 10.1 Å². The van der Waals surface area contributed by atoms with Crippen LogP contribution in [0.1, 0.15) is 30.9 Å². The number of carboxylic acids is 1. The van der Waals surface area contributed by atoms with E-state index in [2.05, 4.69) is 39.5 Å². The Morgan fingerprint density at radius 2 is 1.95 bits per heavy atom. The van der Waals surface area contributed by atoms with E-state index in [0.29, 0.717) is 12.5 Å². The Bertz CT molecular complexity index is 1360. The monoisotopic (exact) mass is 549 g/mol. The van der Waals surface area contributed by atoms with Crippen molar-refractivity contribution in [2.75, 3.05) is 32.6 Å². The summed E-state index contributed by atoms with van der Waals surface area (Å²) >= 11 is 0. The number of aromatic nitrogens is 4. The van der Waals surface area contributed by atoms with Gasteiger partial charge in [0.25, 0.3) is 0 Å². The molecular weight excluding hydrogens is 519 g/mol.